The van der Waals surface area contributed by atoms with E-state index in [2.05, 4.69) is 15.5 Å². The summed E-state index contributed by atoms with van der Waals surface area (Å²) in [5, 5.41) is 13.7. The molecule has 0 atom stereocenters. The van der Waals surface area contributed by atoms with E-state index in [0.717, 1.165) is 28.3 Å². The number of halogens is 2. The van der Waals surface area contributed by atoms with E-state index in [4.69, 9.17) is 0 Å². The zero-order chi connectivity index (χ0) is 21.1. The molecule has 2 aromatic carbocycles. The molecule has 0 saturated heterocycles. The molecule has 0 saturated carbocycles. The van der Waals surface area contributed by atoms with Crippen molar-refractivity contribution in [1.29, 1.82) is 0 Å². The summed E-state index contributed by atoms with van der Waals surface area (Å²) >= 11 is 2.76. The summed E-state index contributed by atoms with van der Waals surface area (Å²) in [4.78, 5) is 13.3. The van der Waals surface area contributed by atoms with Gasteiger partial charge in [-0.05, 0) is 42.6 Å². The number of aryl methyl sites for hydroxylation is 1. The number of hydrogen-bond acceptors (Lipinski definition) is 5. The number of carbonyl (C=O) groups is 1. The van der Waals surface area contributed by atoms with E-state index in [-0.39, 0.29) is 17.3 Å². The lowest BCUT2D eigenvalue weighted by atomic mass is 10.2. The van der Waals surface area contributed by atoms with Gasteiger partial charge in [-0.15, -0.1) is 21.5 Å². The molecule has 4 aromatic rings. The van der Waals surface area contributed by atoms with Crippen LogP contribution in [-0.4, -0.2) is 26.4 Å². The third-order valence-corrected chi connectivity index (χ3v) is 6.00. The van der Waals surface area contributed by atoms with Gasteiger partial charge in [0, 0.05) is 17.4 Å². The first-order chi connectivity index (χ1) is 14.5. The number of rotatable bonds is 6. The lowest BCUT2D eigenvalue weighted by Gasteiger charge is -2.10. The molecule has 1 amide bonds. The van der Waals surface area contributed by atoms with Crippen LogP contribution in [0.3, 0.4) is 0 Å². The first-order valence-corrected chi connectivity index (χ1v) is 10.8. The van der Waals surface area contributed by atoms with Gasteiger partial charge in [-0.25, -0.2) is 8.78 Å². The van der Waals surface area contributed by atoms with E-state index in [1.54, 1.807) is 11.3 Å². The van der Waals surface area contributed by atoms with E-state index in [1.807, 2.05) is 53.3 Å². The number of nitrogens with zero attached hydrogens (tertiary/aromatic N) is 3. The normalized spacial score (nSPS) is 10.9. The second-order valence-electron chi connectivity index (χ2n) is 6.42. The SMILES string of the molecule is Cc1ccc(-n2c(SCC(=O)Nc3ccc(F)c(F)c3)nnc2-c2cccs2)cc1. The Kier molecular flexibility index (Phi) is 5.91. The van der Waals surface area contributed by atoms with Crippen molar-refractivity contribution in [1.82, 2.24) is 14.8 Å². The molecular weight excluding hydrogens is 426 g/mol. The number of thioether (sulfide) groups is 1. The van der Waals surface area contributed by atoms with Gasteiger partial charge < -0.3 is 5.32 Å². The molecule has 0 aliphatic heterocycles. The molecule has 30 heavy (non-hydrogen) atoms. The number of thiophene rings is 1. The summed E-state index contributed by atoms with van der Waals surface area (Å²) in [5.74, 6) is -1.61. The van der Waals surface area contributed by atoms with Crippen LogP contribution < -0.4 is 5.32 Å². The Hall–Kier alpha value is -3.04. The zero-order valence-electron chi connectivity index (χ0n) is 15.8. The van der Waals surface area contributed by atoms with Crippen LogP contribution in [0, 0.1) is 18.6 Å². The second-order valence-corrected chi connectivity index (χ2v) is 8.31. The monoisotopic (exact) mass is 442 g/mol. The molecule has 0 aliphatic rings. The molecule has 5 nitrogen and oxygen atoms in total. The predicted molar refractivity (Wildman–Crippen MR) is 115 cm³/mol. The molecule has 0 fully saturated rings. The fourth-order valence-corrected chi connectivity index (χ4v) is 4.21. The third-order valence-electron chi connectivity index (χ3n) is 4.20. The highest BCUT2D eigenvalue weighted by Gasteiger charge is 2.18. The van der Waals surface area contributed by atoms with Crippen molar-refractivity contribution in [3.8, 4) is 16.4 Å². The maximum atomic E-state index is 13.3. The van der Waals surface area contributed by atoms with Gasteiger partial charge in [0.2, 0.25) is 5.91 Å². The van der Waals surface area contributed by atoms with Crippen LogP contribution in [0.15, 0.2) is 65.1 Å². The Balaban J connectivity index is 1.55. The smallest absolute Gasteiger partial charge is 0.234 e. The van der Waals surface area contributed by atoms with Crippen LogP contribution >= 0.6 is 23.1 Å². The van der Waals surface area contributed by atoms with Crippen molar-refractivity contribution in [2.24, 2.45) is 0 Å². The maximum Gasteiger partial charge on any atom is 0.234 e. The number of aromatic nitrogens is 3. The van der Waals surface area contributed by atoms with Crippen molar-refractivity contribution < 1.29 is 13.6 Å². The molecule has 0 radical (unpaired) electrons. The molecule has 0 bridgehead atoms. The standard InChI is InChI=1S/C21H16F2N4OS2/c1-13-4-7-15(8-5-13)27-20(18-3-2-10-29-18)25-26-21(27)30-12-19(28)24-14-6-9-16(22)17(23)11-14/h2-11H,12H2,1H3,(H,24,28). The number of anilines is 1. The van der Waals surface area contributed by atoms with Crippen LogP contribution in [0.5, 0.6) is 0 Å². The van der Waals surface area contributed by atoms with E-state index in [0.29, 0.717) is 11.0 Å². The maximum absolute atomic E-state index is 13.3. The van der Waals surface area contributed by atoms with E-state index < -0.39 is 11.6 Å². The van der Waals surface area contributed by atoms with Crippen LogP contribution in [0.4, 0.5) is 14.5 Å². The molecule has 2 heterocycles. The molecule has 0 unspecified atom stereocenters. The van der Waals surface area contributed by atoms with Gasteiger partial charge in [-0.2, -0.15) is 0 Å². The van der Waals surface area contributed by atoms with Crippen LogP contribution in [0.25, 0.3) is 16.4 Å². The van der Waals surface area contributed by atoms with Crippen molar-refractivity contribution in [2.75, 3.05) is 11.1 Å². The van der Waals surface area contributed by atoms with Gasteiger partial charge in [0.15, 0.2) is 22.6 Å². The van der Waals surface area contributed by atoms with Gasteiger partial charge >= 0.3 is 0 Å². The van der Waals surface area contributed by atoms with E-state index >= 15 is 0 Å². The average Bonchev–Trinajstić information content (AvgIpc) is 3.39. The van der Waals surface area contributed by atoms with E-state index in [1.165, 1.54) is 17.8 Å². The number of hydrogen-bond donors (Lipinski definition) is 1. The summed E-state index contributed by atoms with van der Waals surface area (Å²) in [5.41, 5.74) is 2.21. The number of amides is 1. The molecule has 2 aromatic heterocycles. The Morgan fingerprint density at radius 2 is 1.90 bits per heavy atom. The highest BCUT2D eigenvalue weighted by atomic mass is 32.2. The van der Waals surface area contributed by atoms with Gasteiger partial charge in [0.05, 0.1) is 10.6 Å². The number of nitrogens with one attached hydrogen (secondary N) is 1. The van der Waals surface area contributed by atoms with Crippen LogP contribution in [0.2, 0.25) is 0 Å². The molecule has 4 rings (SSSR count). The lowest BCUT2D eigenvalue weighted by molar-refractivity contribution is -0.113. The third kappa shape index (κ3) is 4.42. The fraction of sp³-hybridized carbons (Fsp3) is 0.0952. The quantitative estimate of drug-likeness (QED) is 0.411. The Labute approximate surface area is 179 Å². The van der Waals surface area contributed by atoms with Crippen molar-refractivity contribution in [3.05, 3.63) is 77.2 Å². The zero-order valence-corrected chi connectivity index (χ0v) is 17.4. The summed E-state index contributed by atoms with van der Waals surface area (Å²) < 4.78 is 28.3. The minimum atomic E-state index is -1.01. The minimum absolute atomic E-state index is 0.0351. The van der Waals surface area contributed by atoms with Gasteiger partial charge in [-0.1, -0.05) is 35.5 Å². The Morgan fingerprint density at radius 3 is 2.60 bits per heavy atom. The highest BCUT2D eigenvalue weighted by molar-refractivity contribution is 7.99. The minimum Gasteiger partial charge on any atom is -0.325 e. The highest BCUT2D eigenvalue weighted by Crippen LogP contribution is 2.30. The predicted octanol–water partition coefficient (Wildman–Crippen LogP) is 5.31. The molecule has 0 spiro atoms. The fourth-order valence-electron chi connectivity index (χ4n) is 2.76. The second kappa shape index (κ2) is 8.76. The van der Waals surface area contributed by atoms with Crippen molar-refractivity contribution in [3.63, 3.8) is 0 Å². The lowest BCUT2D eigenvalue weighted by Crippen LogP contribution is -2.14. The topological polar surface area (TPSA) is 59.8 Å². The van der Waals surface area contributed by atoms with Crippen molar-refractivity contribution in [2.45, 2.75) is 12.1 Å². The Morgan fingerprint density at radius 1 is 1.10 bits per heavy atom. The van der Waals surface area contributed by atoms with Crippen LogP contribution in [0.1, 0.15) is 5.56 Å². The number of carbonyl (C=O) groups excluding carboxylic acids is 1. The molecule has 1 N–H and O–H groups in total. The molecule has 9 heteroatoms. The summed E-state index contributed by atoms with van der Waals surface area (Å²) in [6.07, 6.45) is 0. The summed E-state index contributed by atoms with van der Waals surface area (Å²) in [6, 6.07) is 15.1. The number of benzene rings is 2. The largest absolute Gasteiger partial charge is 0.325 e. The van der Waals surface area contributed by atoms with E-state index in [9.17, 15) is 13.6 Å². The summed E-state index contributed by atoms with van der Waals surface area (Å²) in [7, 11) is 0. The molecule has 152 valence electrons. The van der Waals surface area contributed by atoms with Gasteiger partial charge in [0.1, 0.15) is 0 Å². The first kappa shape index (κ1) is 20.2. The molecular formula is C21H16F2N4OS2. The Bertz CT molecular complexity index is 1170. The molecule has 0 aliphatic carbocycles. The van der Waals surface area contributed by atoms with Gasteiger partial charge in [0.25, 0.3) is 0 Å². The summed E-state index contributed by atoms with van der Waals surface area (Å²) in [6.45, 7) is 2.01. The van der Waals surface area contributed by atoms with Gasteiger partial charge in [-0.3, -0.25) is 9.36 Å². The van der Waals surface area contributed by atoms with Crippen molar-refractivity contribution >= 4 is 34.7 Å². The first-order valence-electron chi connectivity index (χ1n) is 8.95. The average molecular weight is 443 g/mol. The van der Waals surface area contributed by atoms with Crippen LogP contribution in [-0.2, 0) is 4.79 Å².